The van der Waals surface area contributed by atoms with Gasteiger partial charge in [0.1, 0.15) is 0 Å². The van der Waals surface area contributed by atoms with E-state index >= 15 is 0 Å². The van der Waals surface area contributed by atoms with E-state index in [9.17, 15) is 0 Å². The normalized spacial score (nSPS) is 23.7. The molecule has 1 aromatic rings. The minimum atomic E-state index is 0. The third kappa shape index (κ3) is 1.98. The summed E-state index contributed by atoms with van der Waals surface area (Å²) in [5.74, 6) is 0.743. The molecule has 0 fully saturated rings. The Morgan fingerprint density at radius 1 is 1.29 bits per heavy atom. The number of hydrogen-bond acceptors (Lipinski definition) is 1. The molecule has 0 amide bonds. The van der Waals surface area contributed by atoms with E-state index < -0.39 is 0 Å². The SMILES string of the molecule is CC.CN[C@@H]1c2ccccc2C[C@@H]1C.[HH]. The molecule has 1 N–H and O–H groups in total. The molecule has 14 heavy (non-hydrogen) atoms. The van der Waals surface area contributed by atoms with Crippen LogP contribution in [0, 0.1) is 5.92 Å². The van der Waals surface area contributed by atoms with Gasteiger partial charge >= 0.3 is 0 Å². The lowest BCUT2D eigenvalue weighted by Gasteiger charge is -2.14. The predicted octanol–water partition coefficient (Wildman–Crippen LogP) is 3.41. The standard InChI is InChI=1S/C11H15N.C2H6.H2/c1-8-7-9-5-3-4-6-10(9)11(8)12-2;1-2;/h3-6,8,11-12H,7H2,1-2H3;1-2H3;1H/t8-,11-;;/m0../s1. The first-order valence-electron chi connectivity index (χ1n) is 5.58. The van der Waals surface area contributed by atoms with Gasteiger partial charge in [-0.25, -0.2) is 0 Å². The Morgan fingerprint density at radius 2 is 1.93 bits per heavy atom. The van der Waals surface area contributed by atoms with Crippen molar-refractivity contribution in [2.24, 2.45) is 5.92 Å². The maximum atomic E-state index is 3.37. The van der Waals surface area contributed by atoms with E-state index in [-0.39, 0.29) is 1.43 Å². The predicted molar refractivity (Wildman–Crippen MR) is 64.6 cm³/mol. The van der Waals surface area contributed by atoms with Crippen molar-refractivity contribution in [1.82, 2.24) is 5.32 Å². The van der Waals surface area contributed by atoms with Gasteiger partial charge in [-0.3, -0.25) is 0 Å². The zero-order valence-corrected chi connectivity index (χ0v) is 9.67. The van der Waals surface area contributed by atoms with Crippen LogP contribution in [0.2, 0.25) is 0 Å². The molecular weight excluding hydrogens is 170 g/mol. The van der Waals surface area contributed by atoms with Gasteiger partial charge in [0.25, 0.3) is 0 Å². The maximum Gasteiger partial charge on any atom is 0.0349 e. The average Bonchev–Trinajstić information content (AvgIpc) is 2.56. The highest BCUT2D eigenvalue weighted by Crippen LogP contribution is 2.34. The highest BCUT2D eigenvalue weighted by molar-refractivity contribution is 5.35. The monoisotopic (exact) mass is 193 g/mol. The van der Waals surface area contributed by atoms with Crippen LogP contribution in [0.3, 0.4) is 0 Å². The highest BCUT2D eigenvalue weighted by Gasteiger charge is 2.26. The van der Waals surface area contributed by atoms with Crippen LogP contribution < -0.4 is 5.32 Å². The van der Waals surface area contributed by atoms with Gasteiger partial charge in [-0.1, -0.05) is 45.0 Å². The summed E-state index contributed by atoms with van der Waals surface area (Å²) in [5, 5.41) is 3.37. The van der Waals surface area contributed by atoms with Gasteiger partial charge in [0.05, 0.1) is 0 Å². The van der Waals surface area contributed by atoms with Gasteiger partial charge in [0.15, 0.2) is 0 Å². The van der Waals surface area contributed by atoms with Crippen LogP contribution in [-0.4, -0.2) is 7.05 Å². The minimum Gasteiger partial charge on any atom is -0.313 e. The summed E-state index contributed by atoms with van der Waals surface area (Å²) in [4.78, 5) is 0. The van der Waals surface area contributed by atoms with Crippen molar-refractivity contribution >= 4 is 0 Å². The fourth-order valence-electron chi connectivity index (χ4n) is 2.23. The second kappa shape index (κ2) is 5.16. The first-order chi connectivity index (χ1) is 6.83. The summed E-state index contributed by atoms with van der Waals surface area (Å²) in [6.45, 7) is 6.31. The van der Waals surface area contributed by atoms with Crippen LogP contribution in [0.5, 0.6) is 0 Å². The molecule has 80 valence electrons. The van der Waals surface area contributed by atoms with Crippen LogP contribution >= 0.6 is 0 Å². The molecule has 0 unspecified atom stereocenters. The lowest BCUT2D eigenvalue weighted by Crippen LogP contribution is -2.19. The molecule has 0 heterocycles. The maximum absolute atomic E-state index is 3.37. The Kier molecular flexibility index (Phi) is 4.15. The summed E-state index contributed by atoms with van der Waals surface area (Å²) >= 11 is 0. The lowest BCUT2D eigenvalue weighted by atomic mass is 10.0. The molecule has 1 aromatic carbocycles. The number of fused-ring (bicyclic) bond motifs is 1. The molecule has 2 rings (SSSR count). The lowest BCUT2D eigenvalue weighted by molar-refractivity contribution is 0.447. The third-order valence-electron chi connectivity index (χ3n) is 2.81. The van der Waals surface area contributed by atoms with E-state index in [0.29, 0.717) is 6.04 Å². The Morgan fingerprint density at radius 3 is 2.57 bits per heavy atom. The Labute approximate surface area is 89.0 Å². The van der Waals surface area contributed by atoms with Crippen molar-refractivity contribution in [3.05, 3.63) is 35.4 Å². The molecule has 1 aliphatic carbocycles. The van der Waals surface area contributed by atoms with E-state index in [4.69, 9.17) is 0 Å². The van der Waals surface area contributed by atoms with Crippen LogP contribution in [-0.2, 0) is 6.42 Å². The average molecular weight is 193 g/mol. The third-order valence-corrected chi connectivity index (χ3v) is 2.81. The van der Waals surface area contributed by atoms with E-state index in [2.05, 4.69) is 36.5 Å². The molecule has 0 aromatic heterocycles. The number of nitrogens with one attached hydrogen (secondary N) is 1. The molecule has 0 spiro atoms. The van der Waals surface area contributed by atoms with Gasteiger partial charge in [0.2, 0.25) is 0 Å². The molecule has 2 atom stereocenters. The van der Waals surface area contributed by atoms with Crippen molar-refractivity contribution < 1.29 is 1.43 Å². The zero-order chi connectivity index (χ0) is 10.6. The molecule has 0 radical (unpaired) electrons. The van der Waals surface area contributed by atoms with Crippen LogP contribution in [0.15, 0.2) is 24.3 Å². The van der Waals surface area contributed by atoms with Crippen molar-refractivity contribution in [3.8, 4) is 0 Å². The van der Waals surface area contributed by atoms with E-state index in [1.54, 1.807) is 0 Å². The topological polar surface area (TPSA) is 12.0 Å². The number of benzene rings is 1. The highest BCUT2D eigenvalue weighted by atomic mass is 14.9. The van der Waals surface area contributed by atoms with Gasteiger partial charge in [-0.2, -0.15) is 0 Å². The smallest absolute Gasteiger partial charge is 0.0349 e. The van der Waals surface area contributed by atoms with Gasteiger partial charge < -0.3 is 5.32 Å². The second-order valence-electron chi connectivity index (χ2n) is 3.65. The molecule has 1 heteroatoms. The molecular formula is C13H23N. The molecule has 0 saturated heterocycles. The fraction of sp³-hybridized carbons (Fsp3) is 0.538. The fourth-order valence-corrected chi connectivity index (χ4v) is 2.23. The summed E-state index contributed by atoms with van der Waals surface area (Å²) in [6, 6.07) is 9.30. The zero-order valence-electron chi connectivity index (χ0n) is 9.67. The second-order valence-corrected chi connectivity index (χ2v) is 3.65. The number of rotatable bonds is 1. The molecule has 0 bridgehead atoms. The summed E-state index contributed by atoms with van der Waals surface area (Å²) in [5.41, 5.74) is 3.01. The Balaban J connectivity index is 0.000000617. The van der Waals surface area contributed by atoms with E-state index in [0.717, 1.165) is 5.92 Å². The van der Waals surface area contributed by atoms with Gasteiger partial charge in [-0.05, 0) is 30.5 Å². The van der Waals surface area contributed by atoms with E-state index in [1.807, 2.05) is 20.9 Å². The summed E-state index contributed by atoms with van der Waals surface area (Å²) in [6.07, 6.45) is 1.22. The van der Waals surface area contributed by atoms with Crippen molar-refractivity contribution in [2.45, 2.75) is 33.2 Å². The van der Waals surface area contributed by atoms with Gasteiger partial charge in [0, 0.05) is 7.47 Å². The molecule has 1 nitrogen and oxygen atoms in total. The Bertz CT molecular complexity index is 286. The first-order valence-corrected chi connectivity index (χ1v) is 5.58. The van der Waals surface area contributed by atoms with Crippen LogP contribution in [0.25, 0.3) is 0 Å². The van der Waals surface area contributed by atoms with Crippen LogP contribution in [0.1, 0.15) is 39.4 Å². The van der Waals surface area contributed by atoms with Crippen molar-refractivity contribution in [3.63, 3.8) is 0 Å². The van der Waals surface area contributed by atoms with Gasteiger partial charge in [-0.15, -0.1) is 0 Å². The van der Waals surface area contributed by atoms with E-state index in [1.165, 1.54) is 17.5 Å². The number of hydrogen-bond donors (Lipinski definition) is 1. The largest absolute Gasteiger partial charge is 0.313 e. The quantitative estimate of drug-likeness (QED) is 0.720. The van der Waals surface area contributed by atoms with Crippen LogP contribution in [0.4, 0.5) is 0 Å². The summed E-state index contributed by atoms with van der Waals surface area (Å²) in [7, 11) is 2.04. The first kappa shape index (κ1) is 11.3. The Hall–Kier alpha value is -0.820. The van der Waals surface area contributed by atoms with Crippen molar-refractivity contribution in [2.75, 3.05) is 7.05 Å². The molecule has 0 saturated carbocycles. The van der Waals surface area contributed by atoms with Crippen molar-refractivity contribution in [1.29, 1.82) is 0 Å². The molecule has 0 aliphatic heterocycles. The minimum absolute atomic E-state index is 0. The molecule has 1 aliphatic rings. The summed E-state index contributed by atoms with van der Waals surface area (Å²) < 4.78 is 0.